The van der Waals surface area contributed by atoms with E-state index in [1.807, 2.05) is 0 Å². The molecule has 4 heteroatoms. The van der Waals surface area contributed by atoms with E-state index < -0.39 is 19.0 Å². The minimum absolute atomic E-state index is 0.0479. The van der Waals surface area contributed by atoms with E-state index in [0.29, 0.717) is 11.3 Å². The van der Waals surface area contributed by atoms with Crippen LogP contribution in [-0.4, -0.2) is 37.0 Å². The molecule has 0 aromatic heterocycles. The van der Waals surface area contributed by atoms with Gasteiger partial charge in [0.2, 0.25) is 0 Å². The van der Waals surface area contributed by atoms with Gasteiger partial charge in [-0.05, 0) is 37.3 Å². The second kappa shape index (κ2) is 6.91. The summed E-state index contributed by atoms with van der Waals surface area (Å²) in [5.74, 6) is -0.553. The molecule has 4 nitrogen and oxygen atoms in total. The number of ether oxygens (including phenoxy) is 1. The zero-order chi connectivity index (χ0) is 16.3. The van der Waals surface area contributed by atoms with Gasteiger partial charge < -0.3 is 15.4 Å². The molecule has 0 aliphatic carbocycles. The van der Waals surface area contributed by atoms with Crippen LogP contribution < -0.4 is 5.73 Å². The average Bonchev–Trinajstić information content (AvgIpc) is 2.32. The maximum atomic E-state index is 11.8. The lowest BCUT2D eigenvalue weighted by atomic mass is 10.2. The molecular weight excluding hydrogens is 216 g/mol. The SMILES string of the molecule is [2H]C([2H])(C)N(CCOC(=O)c1ccc(N)cc1)C([2H])([2H])C. The molecule has 0 saturated carbocycles. The Bertz CT molecular complexity index is 466. The molecule has 0 unspecified atom stereocenters. The molecule has 1 aromatic rings. The Hall–Kier alpha value is -1.55. The molecule has 0 aliphatic rings. The van der Waals surface area contributed by atoms with Crippen LogP contribution in [-0.2, 0) is 4.74 Å². The monoisotopic (exact) mass is 240 g/mol. The summed E-state index contributed by atoms with van der Waals surface area (Å²) in [6.07, 6.45) is 0. The molecular formula is C13H20N2O2. The number of carbonyl (C=O) groups is 1. The third-order valence-corrected chi connectivity index (χ3v) is 2.23. The molecule has 0 saturated heterocycles. The Kier molecular flexibility index (Phi) is 3.47. The summed E-state index contributed by atoms with van der Waals surface area (Å²) in [5, 5.41) is 0. The third-order valence-electron chi connectivity index (χ3n) is 2.23. The molecule has 1 rings (SSSR count). The van der Waals surface area contributed by atoms with E-state index in [-0.39, 0.29) is 13.2 Å². The number of nitrogens with two attached hydrogens (primary N) is 1. The second-order valence-corrected chi connectivity index (χ2v) is 3.36. The number of hydrogen-bond donors (Lipinski definition) is 1. The highest BCUT2D eigenvalue weighted by atomic mass is 16.5. The minimum atomic E-state index is -1.86. The van der Waals surface area contributed by atoms with Gasteiger partial charge in [-0.1, -0.05) is 13.8 Å². The van der Waals surface area contributed by atoms with Crippen LogP contribution in [0.25, 0.3) is 0 Å². The van der Waals surface area contributed by atoms with Crippen LogP contribution in [0.1, 0.15) is 29.7 Å². The molecule has 1 aromatic carbocycles. The van der Waals surface area contributed by atoms with Crippen LogP contribution in [0.4, 0.5) is 5.69 Å². The molecule has 0 fully saturated rings. The van der Waals surface area contributed by atoms with E-state index in [2.05, 4.69) is 0 Å². The standard InChI is InChI=1S/C13H20N2O2/c1-3-15(4-2)9-10-17-13(16)11-5-7-12(14)8-6-11/h5-8H,3-4,9-10,14H2,1-2H3/i3D2,4D2. The maximum Gasteiger partial charge on any atom is 0.338 e. The summed E-state index contributed by atoms with van der Waals surface area (Å²) in [4.78, 5) is 12.8. The molecule has 0 radical (unpaired) electrons. The summed E-state index contributed by atoms with van der Waals surface area (Å²) >= 11 is 0. The Balaban J connectivity index is 2.59. The van der Waals surface area contributed by atoms with E-state index in [0.717, 1.165) is 4.90 Å². The topological polar surface area (TPSA) is 55.6 Å². The molecule has 0 heterocycles. The smallest absolute Gasteiger partial charge is 0.338 e. The number of anilines is 1. The zero-order valence-corrected chi connectivity index (χ0v) is 10.1. The van der Waals surface area contributed by atoms with Crippen molar-refractivity contribution in [3.05, 3.63) is 29.8 Å². The van der Waals surface area contributed by atoms with Gasteiger partial charge in [0.15, 0.2) is 0 Å². The van der Waals surface area contributed by atoms with Crippen molar-refractivity contribution in [3.63, 3.8) is 0 Å². The summed E-state index contributed by atoms with van der Waals surface area (Å²) < 4.78 is 35.5. The zero-order valence-electron chi connectivity index (χ0n) is 14.1. The number of carbonyl (C=O) groups excluding carboxylic acids is 1. The largest absolute Gasteiger partial charge is 0.461 e. The molecule has 0 spiro atoms. The van der Waals surface area contributed by atoms with E-state index >= 15 is 0 Å². The van der Waals surface area contributed by atoms with E-state index in [9.17, 15) is 4.79 Å². The average molecular weight is 240 g/mol. The summed E-state index contributed by atoms with van der Waals surface area (Å²) in [6, 6.07) is 6.23. The van der Waals surface area contributed by atoms with Crippen molar-refractivity contribution in [2.45, 2.75) is 13.8 Å². The summed E-state index contributed by atoms with van der Waals surface area (Å²) in [5.41, 5.74) is 6.40. The summed E-state index contributed by atoms with van der Waals surface area (Å²) in [6.45, 7) is -1.35. The fourth-order valence-corrected chi connectivity index (χ4v) is 1.27. The van der Waals surface area contributed by atoms with Crippen molar-refractivity contribution in [2.75, 3.05) is 31.9 Å². The van der Waals surface area contributed by atoms with Gasteiger partial charge in [-0.15, -0.1) is 0 Å². The molecule has 0 atom stereocenters. The van der Waals surface area contributed by atoms with Crippen LogP contribution >= 0.6 is 0 Å². The Morgan fingerprint density at radius 2 is 1.94 bits per heavy atom. The van der Waals surface area contributed by atoms with E-state index in [4.69, 9.17) is 16.0 Å². The first-order chi connectivity index (χ1) is 9.51. The highest BCUT2D eigenvalue weighted by Crippen LogP contribution is 2.06. The molecule has 2 N–H and O–H groups in total. The second-order valence-electron chi connectivity index (χ2n) is 3.36. The Morgan fingerprint density at radius 3 is 2.47 bits per heavy atom. The summed E-state index contributed by atoms with van der Waals surface area (Å²) in [7, 11) is 0. The van der Waals surface area contributed by atoms with Crippen molar-refractivity contribution in [1.82, 2.24) is 4.90 Å². The minimum Gasteiger partial charge on any atom is -0.461 e. The van der Waals surface area contributed by atoms with E-state index in [1.54, 1.807) is 12.1 Å². The van der Waals surface area contributed by atoms with Crippen LogP contribution in [0.2, 0.25) is 0 Å². The van der Waals surface area contributed by atoms with Gasteiger partial charge in [-0.25, -0.2) is 4.79 Å². The molecule has 17 heavy (non-hydrogen) atoms. The quantitative estimate of drug-likeness (QED) is 0.608. The van der Waals surface area contributed by atoms with Crippen molar-refractivity contribution >= 4 is 11.7 Å². The van der Waals surface area contributed by atoms with Crippen molar-refractivity contribution < 1.29 is 15.0 Å². The fraction of sp³-hybridized carbons (Fsp3) is 0.462. The first kappa shape index (κ1) is 8.53. The van der Waals surface area contributed by atoms with Gasteiger partial charge in [-0.3, -0.25) is 0 Å². The lowest BCUT2D eigenvalue weighted by Crippen LogP contribution is -2.27. The molecule has 0 bridgehead atoms. The number of benzene rings is 1. The van der Waals surface area contributed by atoms with E-state index in [1.165, 1.54) is 26.0 Å². The number of rotatable bonds is 6. The lowest BCUT2D eigenvalue weighted by molar-refractivity contribution is 0.0466. The molecule has 0 aliphatic heterocycles. The molecule has 94 valence electrons. The van der Waals surface area contributed by atoms with Gasteiger partial charge in [0.25, 0.3) is 0 Å². The number of nitrogens with zero attached hydrogens (tertiary/aromatic N) is 1. The number of hydrogen-bond acceptors (Lipinski definition) is 4. The highest BCUT2D eigenvalue weighted by molar-refractivity contribution is 5.89. The third kappa shape index (κ3) is 4.44. The number of esters is 1. The number of likely N-dealkylation sites (N-methyl/N-ethyl adjacent to an activating group) is 1. The normalized spacial score (nSPS) is 15.7. The van der Waals surface area contributed by atoms with Gasteiger partial charge in [0.1, 0.15) is 6.61 Å². The van der Waals surface area contributed by atoms with Gasteiger partial charge in [0, 0.05) is 17.7 Å². The van der Waals surface area contributed by atoms with Crippen molar-refractivity contribution in [3.8, 4) is 0 Å². The van der Waals surface area contributed by atoms with Crippen LogP contribution in [0.5, 0.6) is 0 Å². The first-order valence-electron chi connectivity index (χ1n) is 7.32. The first-order valence-corrected chi connectivity index (χ1v) is 5.32. The molecule has 0 amide bonds. The number of nitrogen functional groups attached to an aromatic ring is 1. The highest BCUT2D eigenvalue weighted by Gasteiger charge is 2.07. The predicted octanol–water partition coefficient (Wildman–Crippen LogP) is 1.77. The van der Waals surface area contributed by atoms with Crippen LogP contribution in [0.3, 0.4) is 0 Å². The van der Waals surface area contributed by atoms with Crippen LogP contribution in [0, 0.1) is 0 Å². The van der Waals surface area contributed by atoms with Gasteiger partial charge in [0.05, 0.1) is 5.56 Å². The van der Waals surface area contributed by atoms with Crippen LogP contribution in [0.15, 0.2) is 24.3 Å². The van der Waals surface area contributed by atoms with Gasteiger partial charge >= 0.3 is 5.97 Å². The Morgan fingerprint density at radius 1 is 1.35 bits per heavy atom. The Labute approximate surface area is 108 Å². The van der Waals surface area contributed by atoms with Crippen molar-refractivity contribution in [1.29, 1.82) is 0 Å². The lowest BCUT2D eigenvalue weighted by Gasteiger charge is -2.17. The fourth-order valence-electron chi connectivity index (χ4n) is 1.27. The maximum absolute atomic E-state index is 11.8. The predicted molar refractivity (Wildman–Crippen MR) is 68.9 cm³/mol. The van der Waals surface area contributed by atoms with Gasteiger partial charge in [-0.2, -0.15) is 0 Å². The van der Waals surface area contributed by atoms with Crippen molar-refractivity contribution in [2.24, 2.45) is 0 Å².